The summed E-state index contributed by atoms with van der Waals surface area (Å²) in [4.78, 5) is 0. The molecule has 0 saturated carbocycles. The van der Waals surface area contributed by atoms with Crippen LogP contribution >= 0.6 is 11.6 Å². The number of hydrogen-bond acceptors (Lipinski definition) is 3. The van der Waals surface area contributed by atoms with Gasteiger partial charge in [0.05, 0.1) is 11.5 Å². The monoisotopic (exact) mass is 303 g/mol. The number of hydrogen-bond donors (Lipinski definition) is 1. The van der Waals surface area contributed by atoms with Crippen LogP contribution in [0.4, 0.5) is 0 Å². The molecular formula is C14H22ClNO2S. The average Bonchev–Trinajstić information content (AvgIpc) is 2.31. The van der Waals surface area contributed by atoms with Crippen LogP contribution in [0.2, 0.25) is 5.02 Å². The van der Waals surface area contributed by atoms with E-state index in [2.05, 4.69) is 5.32 Å². The zero-order valence-electron chi connectivity index (χ0n) is 11.7. The number of halogens is 1. The van der Waals surface area contributed by atoms with Gasteiger partial charge in [0.2, 0.25) is 0 Å². The molecule has 5 heteroatoms. The van der Waals surface area contributed by atoms with Gasteiger partial charge in [-0.05, 0) is 30.2 Å². The van der Waals surface area contributed by atoms with E-state index in [1.165, 1.54) is 0 Å². The first kappa shape index (κ1) is 16.5. The summed E-state index contributed by atoms with van der Waals surface area (Å²) in [5, 5.41) is 3.85. The second-order valence-electron chi connectivity index (χ2n) is 5.09. The first-order valence-corrected chi connectivity index (χ1v) is 8.72. The molecule has 1 rings (SSSR count). The second-order valence-corrected chi connectivity index (χ2v) is 7.63. The summed E-state index contributed by atoms with van der Waals surface area (Å²) >= 11 is 5.79. The van der Waals surface area contributed by atoms with Crippen LogP contribution < -0.4 is 5.32 Å². The highest BCUT2D eigenvalue weighted by Crippen LogP contribution is 2.14. The fraction of sp³-hybridized carbons (Fsp3) is 0.571. The molecule has 0 amide bonds. The van der Waals surface area contributed by atoms with Crippen molar-refractivity contribution in [3.63, 3.8) is 0 Å². The molecule has 0 radical (unpaired) electrons. The van der Waals surface area contributed by atoms with Gasteiger partial charge in [0.1, 0.15) is 0 Å². The Morgan fingerprint density at radius 1 is 1.21 bits per heavy atom. The fourth-order valence-corrected chi connectivity index (χ4v) is 3.91. The molecular weight excluding hydrogens is 282 g/mol. The van der Waals surface area contributed by atoms with E-state index in [1.807, 2.05) is 20.8 Å². The molecule has 1 atom stereocenters. The summed E-state index contributed by atoms with van der Waals surface area (Å²) < 4.78 is 24.4. The zero-order chi connectivity index (χ0) is 14.5. The molecule has 0 spiro atoms. The molecule has 1 aromatic carbocycles. The molecule has 0 aliphatic carbocycles. The zero-order valence-corrected chi connectivity index (χ0v) is 13.3. The van der Waals surface area contributed by atoms with Crippen LogP contribution in [0.15, 0.2) is 24.3 Å². The predicted octanol–water partition coefficient (Wildman–Crippen LogP) is 2.89. The normalized spacial score (nSPS) is 13.7. The maximum absolute atomic E-state index is 12.2. The van der Waals surface area contributed by atoms with Crippen LogP contribution in [-0.4, -0.2) is 26.8 Å². The summed E-state index contributed by atoms with van der Waals surface area (Å²) in [5.41, 5.74) is 0.781. The van der Waals surface area contributed by atoms with Crippen LogP contribution in [0.3, 0.4) is 0 Å². The van der Waals surface area contributed by atoms with Gasteiger partial charge in [-0.1, -0.05) is 44.5 Å². The molecule has 1 unspecified atom stereocenters. The quantitative estimate of drug-likeness (QED) is 0.842. The third-order valence-corrected chi connectivity index (χ3v) is 4.90. The van der Waals surface area contributed by atoms with Crippen LogP contribution in [0.25, 0.3) is 0 Å². The van der Waals surface area contributed by atoms with Crippen LogP contribution in [-0.2, 0) is 15.6 Å². The molecule has 0 aliphatic rings. The van der Waals surface area contributed by atoms with E-state index in [-0.39, 0.29) is 17.5 Å². The maximum atomic E-state index is 12.2. The molecule has 108 valence electrons. The van der Waals surface area contributed by atoms with Gasteiger partial charge in [0.25, 0.3) is 0 Å². The van der Waals surface area contributed by atoms with E-state index >= 15 is 0 Å². The van der Waals surface area contributed by atoms with Gasteiger partial charge in [-0.25, -0.2) is 8.42 Å². The Labute approximate surface area is 121 Å². The van der Waals surface area contributed by atoms with Crippen molar-refractivity contribution in [1.29, 1.82) is 0 Å². The lowest BCUT2D eigenvalue weighted by molar-refractivity contribution is 0.434. The number of sulfone groups is 1. The highest BCUT2D eigenvalue weighted by molar-refractivity contribution is 7.90. The molecule has 0 bridgehead atoms. The maximum Gasteiger partial charge on any atom is 0.155 e. The number of benzene rings is 1. The van der Waals surface area contributed by atoms with Crippen molar-refractivity contribution in [1.82, 2.24) is 5.32 Å². The largest absolute Gasteiger partial charge is 0.313 e. The highest BCUT2D eigenvalue weighted by Gasteiger charge is 2.21. The van der Waals surface area contributed by atoms with E-state index in [9.17, 15) is 8.42 Å². The molecule has 0 aromatic heterocycles. The Kier molecular flexibility index (Phi) is 6.30. The molecule has 0 fully saturated rings. The van der Waals surface area contributed by atoms with E-state index in [0.29, 0.717) is 10.9 Å². The SMILES string of the molecule is CCNC(CS(=O)(=O)Cc1ccc(Cl)cc1)C(C)C. The summed E-state index contributed by atoms with van der Waals surface area (Å²) in [6.45, 7) is 6.83. The third-order valence-electron chi connectivity index (χ3n) is 3.00. The van der Waals surface area contributed by atoms with Crippen molar-refractivity contribution < 1.29 is 8.42 Å². The topological polar surface area (TPSA) is 46.2 Å². The Bertz CT molecular complexity index is 483. The van der Waals surface area contributed by atoms with E-state index < -0.39 is 9.84 Å². The molecule has 0 aliphatic heterocycles. The predicted molar refractivity (Wildman–Crippen MR) is 81.2 cm³/mol. The Morgan fingerprint density at radius 3 is 2.26 bits per heavy atom. The van der Waals surface area contributed by atoms with Gasteiger partial charge in [0, 0.05) is 11.1 Å². The van der Waals surface area contributed by atoms with Crippen molar-refractivity contribution in [3.8, 4) is 0 Å². The Hall–Kier alpha value is -0.580. The average molecular weight is 304 g/mol. The van der Waals surface area contributed by atoms with Crippen LogP contribution in [0.5, 0.6) is 0 Å². The lowest BCUT2D eigenvalue weighted by atomic mass is 10.1. The van der Waals surface area contributed by atoms with Crippen molar-refractivity contribution >= 4 is 21.4 Å². The van der Waals surface area contributed by atoms with Crippen molar-refractivity contribution in [2.45, 2.75) is 32.6 Å². The summed E-state index contributed by atoms with van der Waals surface area (Å²) in [6, 6.07) is 6.96. The van der Waals surface area contributed by atoms with E-state index in [1.54, 1.807) is 24.3 Å². The van der Waals surface area contributed by atoms with Crippen LogP contribution in [0.1, 0.15) is 26.3 Å². The minimum atomic E-state index is -3.12. The smallest absolute Gasteiger partial charge is 0.155 e. The summed E-state index contributed by atoms with van der Waals surface area (Å²) in [5.74, 6) is 0.528. The van der Waals surface area contributed by atoms with Crippen LogP contribution in [0, 0.1) is 5.92 Å². The van der Waals surface area contributed by atoms with Crippen molar-refractivity contribution in [2.75, 3.05) is 12.3 Å². The van der Waals surface area contributed by atoms with Gasteiger partial charge >= 0.3 is 0 Å². The first-order valence-electron chi connectivity index (χ1n) is 6.52. The molecule has 19 heavy (non-hydrogen) atoms. The minimum absolute atomic E-state index is 0.00213. The van der Waals surface area contributed by atoms with E-state index in [0.717, 1.165) is 12.1 Å². The minimum Gasteiger partial charge on any atom is -0.313 e. The lowest BCUT2D eigenvalue weighted by Gasteiger charge is -2.21. The summed E-state index contributed by atoms with van der Waals surface area (Å²) in [7, 11) is -3.12. The second kappa shape index (κ2) is 7.27. The molecule has 0 heterocycles. The standard InChI is InChI=1S/C14H22ClNO2S/c1-4-16-14(11(2)3)10-19(17,18)9-12-5-7-13(15)8-6-12/h5-8,11,14,16H,4,9-10H2,1-3H3. The van der Waals surface area contributed by atoms with Gasteiger partial charge in [0.15, 0.2) is 9.84 Å². The number of rotatable bonds is 7. The van der Waals surface area contributed by atoms with E-state index in [4.69, 9.17) is 11.6 Å². The third kappa shape index (κ3) is 5.93. The molecule has 0 saturated heterocycles. The molecule has 1 N–H and O–H groups in total. The Balaban J connectivity index is 2.72. The fourth-order valence-electron chi connectivity index (χ4n) is 1.92. The van der Waals surface area contributed by atoms with Gasteiger partial charge in [-0.15, -0.1) is 0 Å². The summed E-state index contributed by atoms with van der Waals surface area (Å²) in [6.07, 6.45) is 0. The molecule has 1 aromatic rings. The van der Waals surface area contributed by atoms with Gasteiger partial charge in [-0.2, -0.15) is 0 Å². The van der Waals surface area contributed by atoms with Gasteiger partial charge < -0.3 is 5.32 Å². The number of nitrogens with one attached hydrogen (secondary N) is 1. The molecule has 3 nitrogen and oxygen atoms in total. The van der Waals surface area contributed by atoms with Crippen molar-refractivity contribution in [2.24, 2.45) is 5.92 Å². The van der Waals surface area contributed by atoms with Gasteiger partial charge in [-0.3, -0.25) is 0 Å². The lowest BCUT2D eigenvalue weighted by Crippen LogP contribution is -2.40. The first-order chi connectivity index (χ1) is 8.84. The van der Waals surface area contributed by atoms with Crippen molar-refractivity contribution in [3.05, 3.63) is 34.9 Å². The highest BCUT2D eigenvalue weighted by atomic mass is 35.5. The Morgan fingerprint density at radius 2 is 1.79 bits per heavy atom.